The van der Waals surface area contributed by atoms with Crippen LogP contribution in [-0.2, 0) is 6.42 Å². The first-order valence-electron chi connectivity index (χ1n) is 4.78. The van der Waals surface area contributed by atoms with E-state index < -0.39 is 0 Å². The molecule has 2 heteroatoms. The zero-order chi connectivity index (χ0) is 9.26. The lowest BCUT2D eigenvalue weighted by molar-refractivity contribution is 0.571. The van der Waals surface area contributed by atoms with Crippen LogP contribution in [0.4, 0.5) is 5.69 Å². The maximum absolute atomic E-state index is 5.94. The Kier molecular flexibility index (Phi) is 2.45. The number of halogens is 1. The Bertz CT molecular complexity index is 309. The number of fused-ring (bicyclic) bond motifs is 1. The van der Waals surface area contributed by atoms with E-state index in [-0.39, 0.29) is 0 Å². The highest BCUT2D eigenvalue weighted by Crippen LogP contribution is 2.26. The third kappa shape index (κ3) is 1.97. The summed E-state index contributed by atoms with van der Waals surface area (Å²) in [6, 6.07) is 6.10. The summed E-state index contributed by atoms with van der Waals surface area (Å²) in [5.74, 6) is 0.756. The van der Waals surface area contributed by atoms with Gasteiger partial charge < -0.3 is 5.32 Å². The summed E-state index contributed by atoms with van der Waals surface area (Å²) >= 11 is 5.94. The number of anilines is 1. The molecule has 0 saturated carbocycles. The van der Waals surface area contributed by atoms with Gasteiger partial charge in [0.05, 0.1) is 0 Å². The molecule has 0 radical (unpaired) electrons. The SMILES string of the molecule is CC1CCc2cc(Cl)ccc2NC1. The fraction of sp³-hybridized carbons (Fsp3) is 0.455. The Morgan fingerprint density at radius 3 is 3.15 bits per heavy atom. The first kappa shape index (κ1) is 8.89. The number of rotatable bonds is 0. The third-order valence-electron chi connectivity index (χ3n) is 2.61. The van der Waals surface area contributed by atoms with E-state index in [1.165, 1.54) is 17.7 Å². The molecule has 0 aliphatic carbocycles. The first-order valence-corrected chi connectivity index (χ1v) is 5.16. The Balaban J connectivity index is 2.30. The second-order valence-corrected chi connectivity index (χ2v) is 4.26. The van der Waals surface area contributed by atoms with Crippen molar-refractivity contribution >= 4 is 17.3 Å². The molecule has 1 atom stereocenters. The standard InChI is InChI=1S/C11H14ClN/c1-8-2-3-9-6-10(12)4-5-11(9)13-7-8/h4-6,8,13H,2-3,7H2,1H3. The van der Waals surface area contributed by atoms with Crippen LogP contribution in [0.2, 0.25) is 5.02 Å². The van der Waals surface area contributed by atoms with E-state index in [1.807, 2.05) is 6.07 Å². The average Bonchev–Trinajstić information content (AvgIpc) is 2.29. The van der Waals surface area contributed by atoms with Crippen LogP contribution in [0.1, 0.15) is 18.9 Å². The molecule has 0 aromatic heterocycles. The molecule has 0 fully saturated rings. The molecule has 1 unspecified atom stereocenters. The van der Waals surface area contributed by atoms with E-state index in [4.69, 9.17) is 11.6 Å². The van der Waals surface area contributed by atoms with Gasteiger partial charge in [-0.2, -0.15) is 0 Å². The summed E-state index contributed by atoms with van der Waals surface area (Å²) in [5, 5.41) is 4.29. The van der Waals surface area contributed by atoms with E-state index in [2.05, 4.69) is 24.4 Å². The molecule has 70 valence electrons. The molecule has 13 heavy (non-hydrogen) atoms. The van der Waals surface area contributed by atoms with Crippen molar-refractivity contribution in [2.75, 3.05) is 11.9 Å². The van der Waals surface area contributed by atoms with E-state index in [1.54, 1.807) is 0 Å². The lowest BCUT2D eigenvalue weighted by Gasteiger charge is -2.08. The van der Waals surface area contributed by atoms with Crippen LogP contribution < -0.4 is 5.32 Å². The topological polar surface area (TPSA) is 12.0 Å². The average molecular weight is 196 g/mol. The second-order valence-electron chi connectivity index (χ2n) is 3.83. The lowest BCUT2D eigenvalue weighted by Crippen LogP contribution is -2.08. The minimum Gasteiger partial charge on any atom is -0.385 e. The van der Waals surface area contributed by atoms with E-state index in [0.29, 0.717) is 0 Å². The van der Waals surface area contributed by atoms with Crippen LogP contribution in [0.3, 0.4) is 0 Å². The molecule has 1 aromatic rings. The summed E-state index contributed by atoms with van der Waals surface area (Å²) < 4.78 is 0. The first-order chi connectivity index (χ1) is 6.25. The van der Waals surface area contributed by atoms with E-state index in [9.17, 15) is 0 Å². The molecular formula is C11H14ClN. The fourth-order valence-corrected chi connectivity index (χ4v) is 1.92. The van der Waals surface area contributed by atoms with Gasteiger partial charge in [0.25, 0.3) is 0 Å². The van der Waals surface area contributed by atoms with Gasteiger partial charge >= 0.3 is 0 Å². The van der Waals surface area contributed by atoms with Crippen molar-refractivity contribution in [2.24, 2.45) is 5.92 Å². The van der Waals surface area contributed by atoms with Crippen LogP contribution in [0.5, 0.6) is 0 Å². The highest BCUT2D eigenvalue weighted by Gasteiger charge is 2.11. The number of hydrogen-bond donors (Lipinski definition) is 1. The summed E-state index contributed by atoms with van der Waals surface area (Å²) in [6.07, 6.45) is 2.39. The Labute approximate surface area is 84.1 Å². The van der Waals surface area contributed by atoms with Gasteiger partial charge in [-0.15, -0.1) is 0 Å². The van der Waals surface area contributed by atoms with Crippen molar-refractivity contribution in [1.82, 2.24) is 0 Å². The molecule has 1 N–H and O–H groups in total. The van der Waals surface area contributed by atoms with Gasteiger partial charge in [-0.3, -0.25) is 0 Å². The molecule has 1 aromatic carbocycles. The van der Waals surface area contributed by atoms with Crippen molar-refractivity contribution in [3.05, 3.63) is 28.8 Å². The van der Waals surface area contributed by atoms with Crippen LogP contribution in [0, 0.1) is 5.92 Å². The number of benzene rings is 1. The van der Waals surface area contributed by atoms with Crippen molar-refractivity contribution in [3.8, 4) is 0 Å². The molecule has 0 amide bonds. The highest BCUT2D eigenvalue weighted by atomic mass is 35.5. The second kappa shape index (κ2) is 3.59. The largest absolute Gasteiger partial charge is 0.385 e. The van der Waals surface area contributed by atoms with Crippen molar-refractivity contribution in [1.29, 1.82) is 0 Å². The molecule has 0 bridgehead atoms. The normalized spacial score (nSPS) is 21.5. The molecule has 1 nitrogen and oxygen atoms in total. The molecule has 1 heterocycles. The van der Waals surface area contributed by atoms with E-state index in [0.717, 1.165) is 23.9 Å². The minimum absolute atomic E-state index is 0.756. The number of aryl methyl sites for hydroxylation is 1. The minimum atomic E-state index is 0.756. The fourth-order valence-electron chi connectivity index (χ4n) is 1.73. The maximum Gasteiger partial charge on any atom is 0.0410 e. The Morgan fingerprint density at radius 2 is 2.31 bits per heavy atom. The predicted molar refractivity (Wildman–Crippen MR) is 57.4 cm³/mol. The molecule has 0 spiro atoms. The molecule has 1 aliphatic rings. The zero-order valence-electron chi connectivity index (χ0n) is 7.81. The zero-order valence-corrected chi connectivity index (χ0v) is 8.56. The van der Waals surface area contributed by atoms with Gasteiger partial charge in [-0.25, -0.2) is 0 Å². The van der Waals surface area contributed by atoms with Crippen LogP contribution in [-0.4, -0.2) is 6.54 Å². The Hall–Kier alpha value is -0.690. The maximum atomic E-state index is 5.94. The molecular weight excluding hydrogens is 182 g/mol. The van der Waals surface area contributed by atoms with Crippen molar-refractivity contribution in [2.45, 2.75) is 19.8 Å². The molecule has 1 aliphatic heterocycles. The quantitative estimate of drug-likeness (QED) is 0.670. The van der Waals surface area contributed by atoms with Gasteiger partial charge in [0.1, 0.15) is 0 Å². The van der Waals surface area contributed by atoms with Crippen LogP contribution in [0.15, 0.2) is 18.2 Å². The molecule has 0 saturated heterocycles. The van der Waals surface area contributed by atoms with Crippen LogP contribution in [0.25, 0.3) is 0 Å². The highest BCUT2D eigenvalue weighted by molar-refractivity contribution is 6.30. The van der Waals surface area contributed by atoms with Gasteiger partial charge in [0.2, 0.25) is 0 Å². The Morgan fingerprint density at radius 1 is 1.46 bits per heavy atom. The smallest absolute Gasteiger partial charge is 0.0410 e. The summed E-state index contributed by atoms with van der Waals surface area (Å²) in [5.41, 5.74) is 2.62. The third-order valence-corrected chi connectivity index (χ3v) is 2.85. The predicted octanol–water partition coefficient (Wildman–Crippen LogP) is 3.33. The monoisotopic (exact) mass is 195 g/mol. The van der Waals surface area contributed by atoms with Crippen molar-refractivity contribution in [3.63, 3.8) is 0 Å². The number of nitrogens with one attached hydrogen (secondary N) is 1. The lowest BCUT2D eigenvalue weighted by atomic mass is 10.0. The van der Waals surface area contributed by atoms with Gasteiger partial charge in [0.15, 0.2) is 0 Å². The van der Waals surface area contributed by atoms with E-state index >= 15 is 0 Å². The van der Waals surface area contributed by atoms with Crippen LogP contribution >= 0.6 is 11.6 Å². The van der Waals surface area contributed by atoms with Gasteiger partial charge in [-0.1, -0.05) is 18.5 Å². The summed E-state index contributed by atoms with van der Waals surface area (Å²) in [4.78, 5) is 0. The van der Waals surface area contributed by atoms with Crippen molar-refractivity contribution < 1.29 is 0 Å². The molecule has 2 rings (SSSR count). The summed E-state index contributed by atoms with van der Waals surface area (Å²) in [6.45, 7) is 3.36. The van der Waals surface area contributed by atoms with Gasteiger partial charge in [-0.05, 0) is 42.5 Å². The number of hydrogen-bond acceptors (Lipinski definition) is 1. The summed E-state index contributed by atoms with van der Waals surface area (Å²) in [7, 11) is 0. The van der Waals surface area contributed by atoms with Gasteiger partial charge in [0, 0.05) is 17.3 Å².